The Kier molecular flexibility index (Phi) is 4.51. The van der Waals surface area contributed by atoms with Crippen LogP contribution in [0.4, 0.5) is 4.79 Å². The lowest BCUT2D eigenvalue weighted by Gasteiger charge is -2.15. The molecule has 0 N–H and O–H groups in total. The summed E-state index contributed by atoms with van der Waals surface area (Å²) in [6.07, 6.45) is -0.359. The summed E-state index contributed by atoms with van der Waals surface area (Å²) < 4.78 is 12.3. The van der Waals surface area contributed by atoms with E-state index in [2.05, 4.69) is 20.9 Å². The molecule has 1 amide bonds. The largest absolute Gasteiger partial charge is 0.445 e. The van der Waals surface area contributed by atoms with E-state index in [1.54, 1.807) is 4.90 Å². The molecule has 0 fully saturated rings. The molecule has 1 aliphatic rings. The van der Waals surface area contributed by atoms with Gasteiger partial charge in [-0.1, -0.05) is 52.3 Å². The van der Waals surface area contributed by atoms with Crippen molar-refractivity contribution in [2.45, 2.75) is 26.6 Å². The molecule has 0 bridgehead atoms. The molecular weight excluding hydrogens is 396 g/mol. The van der Waals surface area contributed by atoms with Crippen LogP contribution in [0, 0.1) is 6.92 Å². The average molecular weight is 413 g/mol. The van der Waals surface area contributed by atoms with E-state index >= 15 is 0 Å². The number of carbonyl (C=O) groups is 1. The highest BCUT2D eigenvalue weighted by Crippen LogP contribution is 2.32. The number of nitrogens with zero attached hydrogens (tertiary/aromatic N) is 2. The molecule has 5 nitrogen and oxygen atoms in total. The van der Waals surface area contributed by atoms with E-state index in [0.29, 0.717) is 19.0 Å². The SMILES string of the molecule is Cc1c(Br)cccc1-c1nc2c(o1)CN(C(=O)OCc1ccccc1)C2. The van der Waals surface area contributed by atoms with E-state index in [0.717, 1.165) is 32.6 Å². The lowest BCUT2D eigenvalue weighted by atomic mass is 10.1. The second-order valence-electron chi connectivity index (χ2n) is 6.20. The highest BCUT2D eigenvalue weighted by Gasteiger charge is 2.30. The van der Waals surface area contributed by atoms with E-state index in [1.807, 2.05) is 55.5 Å². The van der Waals surface area contributed by atoms with Crippen LogP contribution in [0.3, 0.4) is 0 Å². The van der Waals surface area contributed by atoms with Crippen molar-refractivity contribution in [1.82, 2.24) is 9.88 Å². The van der Waals surface area contributed by atoms with Gasteiger partial charge in [0.2, 0.25) is 5.89 Å². The van der Waals surface area contributed by atoms with E-state index < -0.39 is 0 Å². The van der Waals surface area contributed by atoms with Crippen LogP contribution in [0.1, 0.15) is 22.6 Å². The van der Waals surface area contributed by atoms with Gasteiger partial charge in [-0.3, -0.25) is 4.90 Å². The van der Waals surface area contributed by atoms with Crippen molar-refractivity contribution >= 4 is 22.0 Å². The lowest BCUT2D eigenvalue weighted by Crippen LogP contribution is -2.26. The summed E-state index contributed by atoms with van der Waals surface area (Å²) in [6.45, 7) is 3.05. The minimum atomic E-state index is -0.359. The molecule has 0 atom stereocenters. The zero-order valence-electron chi connectivity index (χ0n) is 14.2. The van der Waals surface area contributed by atoms with Crippen LogP contribution in [0.5, 0.6) is 0 Å². The fourth-order valence-corrected chi connectivity index (χ4v) is 3.30. The number of halogens is 1. The smallest absolute Gasteiger partial charge is 0.410 e. The number of fused-ring (bicyclic) bond motifs is 1. The molecule has 0 saturated carbocycles. The van der Waals surface area contributed by atoms with E-state index in [9.17, 15) is 4.79 Å². The van der Waals surface area contributed by atoms with Crippen molar-refractivity contribution in [3.8, 4) is 11.5 Å². The number of benzene rings is 2. The maximum atomic E-state index is 12.3. The highest BCUT2D eigenvalue weighted by atomic mass is 79.9. The molecule has 26 heavy (non-hydrogen) atoms. The lowest BCUT2D eigenvalue weighted by molar-refractivity contribution is 0.0937. The van der Waals surface area contributed by atoms with Crippen LogP contribution in [-0.4, -0.2) is 16.0 Å². The molecule has 0 saturated heterocycles. The molecule has 3 aromatic rings. The number of ether oxygens (including phenoxy) is 1. The van der Waals surface area contributed by atoms with Gasteiger partial charge in [0.25, 0.3) is 0 Å². The van der Waals surface area contributed by atoms with Crippen LogP contribution in [-0.2, 0) is 24.4 Å². The van der Waals surface area contributed by atoms with E-state index in [4.69, 9.17) is 9.15 Å². The molecule has 0 aliphatic carbocycles. The first-order chi connectivity index (χ1) is 12.6. The normalized spacial score (nSPS) is 12.9. The predicted octanol–water partition coefficient (Wildman–Crippen LogP) is 5.06. The first kappa shape index (κ1) is 16.8. The Morgan fingerprint density at radius 1 is 1.19 bits per heavy atom. The number of aromatic nitrogens is 1. The molecular formula is C20H17BrN2O3. The number of hydrogen-bond donors (Lipinski definition) is 0. The Hall–Kier alpha value is -2.60. The van der Waals surface area contributed by atoms with Crippen LogP contribution in [0.2, 0.25) is 0 Å². The van der Waals surface area contributed by atoms with Gasteiger partial charge in [0, 0.05) is 10.0 Å². The molecule has 4 rings (SSSR count). The fourth-order valence-electron chi connectivity index (χ4n) is 2.93. The van der Waals surface area contributed by atoms with Crippen LogP contribution >= 0.6 is 15.9 Å². The first-order valence-corrected chi connectivity index (χ1v) is 9.11. The van der Waals surface area contributed by atoms with Gasteiger partial charge in [-0.15, -0.1) is 0 Å². The van der Waals surface area contributed by atoms with Gasteiger partial charge in [-0.25, -0.2) is 9.78 Å². The third kappa shape index (κ3) is 3.24. The Balaban J connectivity index is 1.43. The third-order valence-electron chi connectivity index (χ3n) is 4.41. The molecule has 6 heteroatoms. The summed E-state index contributed by atoms with van der Waals surface area (Å²) in [4.78, 5) is 18.4. The molecule has 1 aromatic heterocycles. The standard InChI is InChI=1S/C20H17BrN2O3/c1-13-15(8-5-9-16(13)21)19-22-17-10-23(11-18(17)26-19)20(24)25-12-14-6-3-2-4-7-14/h2-9H,10-12H2,1H3. The number of oxazole rings is 1. The number of amides is 1. The summed E-state index contributed by atoms with van der Waals surface area (Å²) >= 11 is 3.53. The summed E-state index contributed by atoms with van der Waals surface area (Å²) in [5, 5.41) is 0. The second kappa shape index (κ2) is 6.96. The predicted molar refractivity (Wildman–Crippen MR) is 100 cm³/mol. The van der Waals surface area contributed by atoms with Crippen molar-refractivity contribution in [2.75, 3.05) is 0 Å². The second-order valence-corrected chi connectivity index (χ2v) is 7.05. The minimum absolute atomic E-state index is 0.257. The molecule has 0 radical (unpaired) electrons. The molecule has 2 heterocycles. The Morgan fingerprint density at radius 2 is 2.00 bits per heavy atom. The van der Waals surface area contributed by atoms with Gasteiger partial charge in [0.1, 0.15) is 18.1 Å². The van der Waals surface area contributed by atoms with E-state index in [-0.39, 0.29) is 12.7 Å². The topological polar surface area (TPSA) is 55.6 Å². The summed E-state index contributed by atoms with van der Waals surface area (Å²) in [5.41, 5.74) is 3.77. The van der Waals surface area contributed by atoms with Gasteiger partial charge in [-0.2, -0.15) is 0 Å². The zero-order valence-corrected chi connectivity index (χ0v) is 15.8. The quantitative estimate of drug-likeness (QED) is 0.602. The number of carbonyl (C=O) groups excluding carboxylic acids is 1. The third-order valence-corrected chi connectivity index (χ3v) is 5.27. The van der Waals surface area contributed by atoms with Crippen LogP contribution in [0.15, 0.2) is 57.4 Å². The van der Waals surface area contributed by atoms with Crippen molar-refractivity contribution < 1.29 is 13.9 Å². The van der Waals surface area contributed by atoms with Gasteiger partial charge in [0.05, 0.1) is 13.1 Å². The maximum Gasteiger partial charge on any atom is 0.410 e. The minimum Gasteiger partial charge on any atom is -0.445 e. The van der Waals surface area contributed by atoms with Gasteiger partial charge in [0.15, 0.2) is 0 Å². The van der Waals surface area contributed by atoms with E-state index in [1.165, 1.54) is 0 Å². The maximum absolute atomic E-state index is 12.3. The van der Waals surface area contributed by atoms with Crippen molar-refractivity contribution in [1.29, 1.82) is 0 Å². The van der Waals surface area contributed by atoms with Crippen LogP contribution < -0.4 is 0 Å². The van der Waals surface area contributed by atoms with Gasteiger partial charge in [-0.05, 0) is 30.2 Å². The molecule has 0 spiro atoms. The monoisotopic (exact) mass is 412 g/mol. The van der Waals surface area contributed by atoms with Gasteiger partial charge < -0.3 is 9.15 Å². The fraction of sp³-hybridized carbons (Fsp3) is 0.200. The number of hydrogen-bond acceptors (Lipinski definition) is 4. The molecule has 132 valence electrons. The summed E-state index contributed by atoms with van der Waals surface area (Å²) in [7, 11) is 0. The van der Waals surface area contributed by atoms with Crippen LogP contribution in [0.25, 0.3) is 11.5 Å². The molecule has 2 aromatic carbocycles. The Labute approximate surface area is 159 Å². The van der Waals surface area contributed by atoms with Gasteiger partial charge >= 0.3 is 6.09 Å². The molecule has 0 unspecified atom stereocenters. The summed E-state index contributed by atoms with van der Waals surface area (Å²) in [6, 6.07) is 15.5. The zero-order chi connectivity index (χ0) is 18.1. The first-order valence-electron chi connectivity index (χ1n) is 8.31. The number of rotatable bonds is 3. The van der Waals surface area contributed by atoms with Crippen molar-refractivity contribution in [3.05, 3.63) is 75.6 Å². The molecule has 1 aliphatic heterocycles. The average Bonchev–Trinajstić information content (AvgIpc) is 3.22. The van der Waals surface area contributed by atoms with Crippen molar-refractivity contribution in [3.63, 3.8) is 0 Å². The summed E-state index contributed by atoms with van der Waals surface area (Å²) in [5.74, 6) is 1.31. The van der Waals surface area contributed by atoms with Crippen molar-refractivity contribution in [2.24, 2.45) is 0 Å². The Bertz CT molecular complexity index is 929. The highest BCUT2D eigenvalue weighted by molar-refractivity contribution is 9.10. The Morgan fingerprint density at radius 3 is 2.77 bits per heavy atom.